The maximum Gasteiger partial charge on any atom is 0.472 e. The molecule has 0 aromatic carbocycles. The average Bonchev–Trinajstić information content (AvgIpc) is 3.25. The molecule has 0 heterocycles. The van der Waals surface area contributed by atoms with E-state index in [0.717, 1.165) is 77.0 Å². The van der Waals surface area contributed by atoms with Gasteiger partial charge < -0.3 is 45.0 Å². The number of ether oxygens (including phenoxy) is 2. The first-order valence-electron chi connectivity index (χ1n) is 22.1. The summed E-state index contributed by atoms with van der Waals surface area (Å²) in [5, 5.41) is 60.4. The average molecular weight is 895 g/mol. The van der Waals surface area contributed by atoms with Gasteiger partial charge in [0, 0.05) is 12.8 Å². The molecule has 0 spiro atoms. The molecule has 1 fully saturated rings. The number of hydrogen-bond acceptors (Lipinski definition) is 13. The Morgan fingerprint density at radius 2 is 1.11 bits per heavy atom. The van der Waals surface area contributed by atoms with Gasteiger partial charge >= 0.3 is 19.8 Å². The molecule has 0 aromatic heterocycles. The van der Waals surface area contributed by atoms with Crippen LogP contribution < -0.4 is 0 Å². The highest BCUT2D eigenvalue weighted by molar-refractivity contribution is 7.47. The number of phosphoric ester groups is 1. The van der Waals surface area contributed by atoms with Crippen LogP contribution in [0.15, 0.2) is 97.2 Å². The second kappa shape index (κ2) is 36.1. The molecular weight excluding hydrogens is 819 g/mol. The predicted octanol–water partition coefficient (Wildman–Crippen LogP) is 7.24. The first-order valence-corrected chi connectivity index (χ1v) is 23.6. The molecule has 1 aliphatic carbocycles. The number of phosphoric acid groups is 1. The van der Waals surface area contributed by atoms with Gasteiger partial charge in [-0.2, -0.15) is 0 Å². The van der Waals surface area contributed by atoms with Crippen molar-refractivity contribution < 1.29 is 68.2 Å². The topological polar surface area (TPSA) is 230 Å². The Labute approximate surface area is 369 Å². The van der Waals surface area contributed by atoms with Crippen molar-refractivity contribution in [2.45, 2.75) is 172 Å². The standard InChI is InChI=1S/C47H75O14P/c1-3-5-7-9-11-13-15-17-18-19-21-22-24-26-28-30-32-38(48)34-35-40(49)58-36-39(37-59-62(56,57)61-47-45(54)43(52)42(51)44(53)46(47)55)60-41(50)33-31-29-27-25-23-20-16-14-12-10-8-6-4-2/h5,7-8,10-11,13-14,16-18,21-22,26,28,30,32,38-39,42-48,51-55H,3-4,6,9,12,15,19-20,23-25,27,29,31,33-37H2,1-2H3,(H,56,57)/b7-5-,10-8-,13-11-,16-14-,18-17-,22-21-,28-26-,32-30-/t38?,39-,42?,43-,44+,45-,46-,47?/m1/s1. The molecule has 4 unspecified atom stereocenters. The van der Waals surface area contributed by atoms with Crippen LogP contribution in [0.4, 0.5) is 0 Å². The molecule has 1 aliphatic rings. The monoisotopic (exact) mass is 894 g/mol. The van der Waals surface area contributed by atoms with E-state index in [4.69, 9.17) is 18.5 Å². The third kappa shape index (κ3) is 28.4. The second-order valence-electron chi connectivity index (χ2n) is 15.0. The third-order valence-electron chi connectivity index (χ3n) is 9.51. The SMILES string of the molecule is CC/C=C\C/C=C\C/C=C\C/C=C\C/C=C\C=C/C(O)CCC(=O)OC[C@H](COP(=O)(O)OC1[C@H](O)[C@H](O)C(O)[C@H](O)[C@H]1O)OC(=O)CCCCCCC/C=C\C/C=C\CCC. The normalized spacial score (nSPS) is 23.3. The fourth-order valence-electron chi connectivity index (χ4n) is 5.90. The third-order valence-corrected chi connectivity index (χ3v) is 10.5. The number of unbranched alkanes of at least 4 members (excludes halogenated alkanes) is 6. The van der Waals surface area contributed by atoms with Crippen LogP contribution in [0.1, 0.15) is 123 Å². The minimum Gasteiger partial charge on any atom is -0.462 e. The lowest BCUT2D eigenvalue weighted by molar-refractivity contribution is -0.220. The summed E-state index contributed by atoms with van der Waals surface area (Å²) in [4.78, 5) is 35.7. The maximum atomic E-state index is 12.8. The number of aliphatic hydroxyl groups is 6. The largest absolute Gasteiger partial charge is 0.472 e. The van der Waals surface area contributed by atoms with Gasteiger partial charge in [-0.15, -0.1) is 0 Å². The van der Waals surface area contributed by atoms with Crippen LogP contribution in [-0.2, 0) is 32.7 Å². The highest BCUT2D eigenvalue weighted by Crippen LogP contribution is 2.47. The first kappa shape index (κ1) is 56.7. The molecule has 0 radical (unpaired) electrons. The Hall–Kier alpha value is -3.27. The molecule has 1 saturated carbocycles. The fourth-order valence-corrected chi connectivity index (χ4v) is 6.88. The fraction of sp³-hybridized carbons (Fsp3) is 0.617. The molecule has 352 valence electrons. The molecule has 14 nitrogen and oxygen atoms in total. The number of esters is 2. The van der Waals surface area contributed by atoms with Crippen molar-refractivity contribution in [2.75, 3.05) is 13.2 Å². The molecule has 7 N–H and O–H groups in total. The van der Waals surface area contributed by atoms with Crippen molar-refractivity contribution in [1.82, 2.24) is 0 Å². The molecule has 0 saturated heterocycles. The van der Waals surface area contributed by atoms with Crippen molar-refractivity contribution in [3.05, 3.63) is 97.2 Å². The van der Waals surface area contributed by atoms with Crippen LogP contribution in [0, 0.1) is 0 Å². The summed E-state index contributed by atoms with van der Waals surface area (Å²) in [5.41, 5.74) is 0. The summed E-state index contributed by atoms with van der Waals surface area (Å²) in [6, 6.07) is 0. The van der Waals surface area contributed by atoms with E-state index in [1.807, 2.05) is 12.2 Å². The number of carbonyl (C=O) groups excluding carboxylic acids is 2. The Bertz CT molecular complexity index is 1470. The number of aliphatic hydroxyl groups excluding tert-OH is 6. The number of rotatable bonds is 34. The summed E-state index contributed by atoms with van der Waals surface area (Å²) in [7, 11) is -5.18. The van der Waals surface area contributed by atoms with Crippen LogP contribution >= 0.6 is 7.82 Å². The van der Waals surface area contributed by atoms with Crippen molar-refractivity contribution in [3.8, 4) is 0 Å². The molecule has 62 heavy (non-hydrogen) atoms. The van der Waals surface area contributed by atoms with E-state index < -0.39 is 81.8 Å². The van der Waals surface area contributed by atoms with Crippen LogP contribution in [0.3, 0.4) is 0 Å². The second-order valence-corrected chi connectivity index (χ2v) is 16.4. The lowest BCUT2D eigenvalue weighted by Crippen LogP contribution is -2.64. The lowest BCUT2D eigenvalue weighted by Gasteiger charge is -2.41. The van der Waals surface area contributed by atoms with Gasteiger partial charge in [0.2, 0.25) is 0 Å². The Morgan fingerprint density at radius 1 is 0.597 bits per heavy atom. The van der Waals surface area contributed by atoms with Gasteiger partial charge in [0.15, 0.2) is 6.10 Å². The van der Waals surface area contributed by atoms with E-state index in [9.17, 15) is 49.7 Å². The number of hydrogen-bond donors (Lipinski definition) is 7. The summed E-state index contributed by atoms with van der Waals surface area (Å²) >= 11 is 0. The zero-order valence-electron chi connectivity index (χ0n) is 36.7. The molecule has 1 rings (SSSR count). The zero-order valence-corrected chi connectivity index (χ0v) is 37.6. The van der Waals surface area contributed by atoms with Crippen LogP contribution in [0.25, 0.3) is 0 Å². The van der Waals surface area contributed by atoms with E-state index >= 15 is 0 Å². The number of carbonyl (C=O) groups is 2. The van der Waals surface area contributed by atoms with Crippen LogP contribution in [-0.4, -0.2) is 110 Å². The first-order chi connectivity index (χ1) is 29.8. The Balaban J connectivity index is 2.60. The van der Waals surface area contributed by atoms with Crippen molar-refractivity contribution >= 4 is 19.8 Å². The van der Waals surface area contributed by atoms with E-state index in [1.54, 1.807) is 12.2 Å². The van der Waals surface area contributed by atoms with Gasteiger partial charge in [0.05, 0.1) is 12.7 Å². The van der Waals surface area contributed by atoms with E-state index in [2.05, 4.69) is 80.7 Å². The molecular formula is C47H75O14P. The van der Waals surface area contributed by atoms with E-state index in [1.165, 1.54) is 6.08 Å². The van der Waals surface area contributed by atoms with Crippen molar-refractivity contribution in [3.63, 3.8) is 0 Å². The van der Waals surface area contributed by atoms with Crippen LogP contribution in [0.2, 0.25) is 0 Å². The molecule has 15 heteroatoms. The minimum atomic E-state index is -5.18. The smallest absolute Gasteiger partial charge is 0.462 e. The summed E-state index contributed by atoms with van der Waals surface area (Å²) in [6.45, 7) is 2.87. The summed E-state index contributed by atoms with van der Waals surface area (Å²) < 4.78 is 33.3. The molecule has 0 bridgehead atoms. The quantitative estimate of drug-likeness (QED) is 0.0111. The minimum absolute atomic E-state index is 0.0245. The summed E-state index contributed by atoms with van der Waals surface area (Å²) in [5.74, 6) is -1.41. The lowest BCUT2D eigenvalue weighted by atomic mass is 9.85. The maximum absolute atomic E-state index is 12.8. The van der Waals surface area contributed by atoms with Gasteiger partial charge in [-0.05, 0) is 70.6 Å². The highest BCUT2D eigenvalue weighted by Gasteiger charge is 2.51. The highest BCUT2D eigenvalue weighted by atomic mass is 31.2. The van der Waals surface area contributed by atoms with E-state index in [-0.39, 0.29) is 19.3 Å². The van der Waals surface area contributed by atoms with E-state index in [0.29, 0.717) is 12.8 Å². The van der Waals surface area contributed by atoms with Gasteiger partial charge in [-0.3, -0.25) is 18.6 Å². The molecule has 0 aromatic rings. The van der Waals surface area contributed by atoms with Gasteiger partial charge in [-0.25, -0.2) is 4.57 Å². The van der Waals surface area contributed by atoms with Crippen molar-refractivity contribution in [2.24, 2.45) is 0 Å². The molecule has 9 atom stereocenters. The predicted molar refractivity (Wildman–Crippen MR) is 240 cm³/mol. The van der Waals surface area contributed by atoms with Gasteiger partial charge in [0.1, 0.15) is 43.2 Å². The van der Waals surface area contributed by atoms with Gasteiger partial charge in [-0.1, -0.05) is 137 Å². The molecule has 0 amide bonds. The number of allylic oxidation sites excluding steroid dienone is 15. The summed E-state index contributed by atoms with van der Waals surface area (Å²) in [6.07, 6.45) is 30.7. The zero-order chi connectivity index (χ0) is 45.9. The Kier molecular flexibility index (Phi) is 33.1. The van der Waals surface area contributed by atoms with Gasteiger partial charge in [0.25, 0.3) is 0 Å². The Morgan fingerprint density at radius 3 is 1.71 bits per heavy atom. The van der Waals surface area contributed by atoms with Crippen LogP contribution in [0.5, 0.6) is 0 Å². The van der Waals surface area contributed by atoms with Crippen molar-refractivity contribution in [1.29, 1.82) is 0 Å². The molecule has 0 aliphatic heterocycles.